The summed E-state index contributed by atoms with van der Waals surface area (Å²) in [5.41, 5.74) is -3.64. The Hall–Kier alpha value is -4.70. The number of phenolic OH excluding ortho intramolecular Hbond substituents is 1. The van der Waals surface area contributed by atoms with Crippen molar-refractivity contribution < 1.29 is 50.2 Å². The van der Waals surface area contributed by atoms with Crippen LogP contribution in [0.25, 0.3) is 11.1 Å². The van der Waals surface area contributed by atoms with Crippen LogP contribution in [0.15, 0.2) is 70.1 Å². The summed E-state index contributed by atoms with van der Waals surface area (Å²) in [6.45, 7) is 2.92. The fourth-order valence-corrected chi connectivity index (χ4v) is 6.66. The summed E-state index contributed by atoms with van der Waals surface area (Å²) in [6.07, 6.45) is -6.50. The number of phenols is 1. The van der Waals surface area contributed by atoms with Crippen LogP contribution in [-0.2, 0) is 26.9 Å². The Morgan fingerprint density at radius 1 is 1.04 bits per heavy atom. The van der Waals surface area contributed by atoms with Crippen LogP contribution in [0.5, 0.6) is 5.75 Å². The average Bonchev–Trinajstić information content (AvgIpc) is 3.06. The van der Waals surface area contributed by atoms with E-state index in [1.54, 1.807) is 17.9 Å². The van der Waals surface area contributed by atoms with Gasteiger partial charge >= 0.3 is 12.1 Å². The fourth-order valence-electron chi connectivity index (χ4n) is 6.28. The highest BCUT2D eigenvalue weighted by Crippen LogP contribution is 2.37. The molecule has 53 heavy (non-hydrogen) atoms. The number of aromatic nitrogens is 1. The lowest BCUT2D eigenvalue weighted by atomic mass is 9.93. The Balaban J connectivity index is 1.65. The number of benzene rings is 3. The summed E-state index contributed by atoms with van der Waals surface area (Å²) >= 11 is 3.17. The van der Waals surface area contributed by atoms with Crippen molar-refractivity contribution in [3.8, 4) is 16.9 Å². The van der Waals surface area contributed by atoms with Gasteiger partial charge in [-0.25, -0.2) is 17.6 Å². The molecule has 1 unspecified atom stereocenters. The number of nitrogens with one attached hydrogen (secondary N) is 1. The van der Waals surface area contributed by atoms with Crippen molar-refractivity contribution >= 4 is 27.8 Å². The molecule has 0 radical (unpaired) electrons. The molecule has 2 heterocycles. The minimum Gasteiger partial charge on any atom is -0.507 e. The molecule has 3 aromatic carbocycles. The normalized spacial score (nSPS) is 14.8. The predicted octanol–water partition coefficient (Wildman–Crippen LogP) is 7.32. The van der Waals surface area contributed by atoms with Crippen LogP contribution in [0, 0.1) is 24.4 Å². The van der Waals surface area contributed by atoms with Crippen molar-refractivity contribution in [1.82, 2.24) is 14.8 Å². The van der Waals surface area contributed by atoms with Crippen LogP contribution in [0.1, 0.15) is 53.2 Å². The Labute approximate surface area is 307 Å². The third-order valence-electron chi connectivity index (χ3n) is 8.82. The fraction of sp³-hybridized carbons (Fsp3) is 0.324. The molecule has 8 nitrogen and oxygen atoms in total. The Morgan fingerprint density at radius 2 is 1.75 bits per heavy atom. The zero-order valence-corrected chi connectivity index (χ0v) is 29.8. The van der Waals surface area contributed by atoms with Crippen LogP contribution >= 0.6 is 15.9 Å². The van der Waals surface area contributed by atoms with Crippen LogP contribution in [0.4, 0.5) is 30.7 Å². The Morgan fingerprint density at radius 3 is 2.40 bits per heavy atom. The first-order valence-corrected chi connectivity index (χ1v) is 17.1. The number of amides is 1. The number of aryl methyl sites for hydroxylation is 1. The molecule has 0 aliphatic carbocycles. The molecule has 1 aromatic heterocycles. The first kappa shape index (κ1) is 39.5. The lowest BCUT2D eigenvalue weighted by Gasteiger charge is -2.34. The van der Waals surface area contributed by atoms with Gasteiger partial charge in [0.15, 0.2) is 11.6 Å². The Bertz CT molecular complexity index is 2060. The third-order valence-corrected chi connectivity index (χ3v) is 9.31. The van der Waals surface area contributed by atoms with Gasteiger partial charge in [-0.3, -0.25) is 23.9 Å². The topological polar surface area (TPSA) is 101 Å². The van der Waals surface area contributed by atoms with Crippen LogP contribution in [0.3, 0.4) is 0 Å². The monoisotopic (exact) mass is 811 g/mol. The van der Waals surface area contributed by atoms with Crippen LogP contribution in [0.2, 0.25) is 0 Å². The maximum absolute atomic E-state index is 15.7. The number of rotatable bonds is 12. The summed E-state index contributed by atoms with van der Waals surface area (Å²) < 4.78 is 108. The number of esters is 1. The molecule has 16 heteroatoms. The molecule has 1 aliphatic heterocycles. The van der Waals surface area contributed by atoms with Crippen molar-refractivity contribution in [2.24, 2.45) is 0 Å². The number of nitrogens with zero attached hydrogens (tertiary/aromatic N) is 2. The van der Waals surface area contributed by atoms with E-state index in [0.29, 0.717) is 10.1 Å². The first-order valence-electron chi connectivity index (χ1n) is 16.4. The second-order valence-electron chi connectivity index (χ2n) is 12.5. The molecule has 1 saturated heterocycles. The van der Waals surface area contributed by atoms with E-state index >= 15 is 13.2 Å². The largest absolute Gasteiger partial charge is 0.507 e. The summed E-state index contributed by atoms with van der Waals surface area (Å²) in [7, 11) is 0. The number of hydrogen-bond donors (Lipinski definition) is 2. The number of pyridine rings is 1. The SMILES string of the molecule is CCOC(=O)C[C@H](NC(=O)C(c1cc(Br)ccc1F)n1cc(CCN2CC(F)C2)c(C(F)(F)F)cc1=O)c1cc(-c2c(C)cccc2O)cc(F)c1F. The zero-order chi connectivity index (χ0) is 38.8. The number of alkyl halides is 4. The molecule has 4 aromatic rings. The third kappa shape index (κ3) is 8.92. The number of carbonyl (C=O) groups is 2. The molecule has 0 saturated carbocycles. The lowest BCUT2D eigenvalue weighted by molar-refractivity contribution is -0.144. The summed E-state index contributed by atoms with van der Waals surface area (Å²) in [5.74, 6) is -6.49. The standard InChI is InChI=1S/C37H33BrF7N3O5/c1-3-53-32(51)15-29(25-11-21(12-28(41)34(25)42)33-19(2)5-4-6-30(33)49)46-36(52)35(24-13-22(38)7-8-27(24)40)48-16-20(9-10-47-17-23(39)18-47)26(14-31(48)50)37(43,44)45/h4-8,11-14,16,23,29,35,49H,3,9-10,15,17-18H2,1-2H3,(H,46,52)/t29-,35?/m0/s1. The summed E-state index contributed by atoms with van der Waals surface area (Å²) in [5, 5.41) is 12.9. The molecule has 282 valence electrons. The molecule has 1 amide bonds. The Kier molecular flexibility index (Phi) is 12.0. The number of halogens is 8. The summed E-state index contributed by atoms with van der Waals surface area (Å²) in [6, 6.07) is 6.14. The van der Waals surface area contributed by atoms with E-state index in [1.807, 2.05) is 0 Å². The van der Waals surface area contributed by atoms with E-state index in [1.165, 1.54) is 25.1 Å². The molecule has 1 aliphatic rings. The smallest absolute Gasteiger partial charge is 0.416 e. The van der Waals surface area contributed by atoms with Gasteiger partial charge in [0, 0.05) is 53.1 Å². The van der Waals surface area contributed by atoms with Crippen molar-refractivity contribution in [2.45, 2.75) is 51.1 Å². The van der Waals surface area contributed by atoms with Gasteiger partial charge < -0.3 is 15.2 Å². The number of hydrogen-bond acceptors (Lipinski definition) is 6. The molecule has 0 bridgehead atoms. The van der Waals surface area contributed by atoms with Gasteiger partial charge in [-0.1, -0.05) is 28.1 Å². The van der Waals surface area contributed by atoms with E-state index in [0.717, 1.165) is 30.5 Å². The van der Waals surface area contributed by atoms with E-state index in [9.17, 15) is 37.1 Å². The highest BCUT2D eigenvalue weighted by atomic mass is 79.9. The van der Waals surface area contributed by atoms with E-state index in [-0.39, 0.29) is 60.1 Å². The van der Waals surface area contributed by atoms with E-state index < -0.39 is 88.0 Å². The molecule has 2 N–H and O–H groups in total. The number of aromatic hydroxyl groups is 1. The highest BCUT2D eigenvalue weighted by molar-refractivity contribution is 9.10. The van der Waals surface area contributed by atoms with Crippen molar-refractivity contribution in [2.75, 3.05) is 26.2 Å². The van der Waals surface area contributed by atoms with Crippen LogP contribution < -0.4 is 10.9 Å². The minimum atomic E-state index is -5.01. The molecule has 5 rings (SSSR count). The summed E-state index contributed by atoms with van der Waals surface area (Å²) in [4.78, 5) is 42.2. The van der Waals surface area contributed by atoms with Gasteiger partial charge in [0.2, 0.25) is 5.91 Å². The van der Waals surface area contributed by atoms with Gasteiger partial charge in [-0.05, 0) is 73.4 Å². The van der Waals surface area contributed by atoms with Gasteiger partial charge in [-0.15, -0.1) is 0 Å². The van der Waals surface area contributed by atoms with E-state index in [2.05, 4.69) is 21.2 Å². The molecule has 1 fully saturated rings. The average molecular weight is 813 g/mol. The second-order valence-corrected chi connectivity index (χ2v) is 13.4. The second kappa shape index (κ2) is 16.1. The quantitative estimate of drug-likeness (QED) is 0.115. The van der Waals surface area contributed by atoms with Crippen molar-refractivity contribution in [3.63, 3.8) is 0 Å². The zero-order valence-electron chi connectivity index (χ0n) is 28.2. The molecular formula is C37H33BrF7N3O5. The van der Waals surface area contributed by atoms with Gasteiger partial charge in [0.25, 0.3) is 5.56 Å². The maximum atomic E-state index is 15.7. The number of carbonyl (C=O) groups excluding carboxylic acids is 2. The van der Waals surface area contributed by atoms with Crippen molar-refractivity contribution in [1.29, 1.82) is 0 Å². The first-order chi connectivity index (χ1) is 25.0. The number of likely N-dealkylation sites (tertiary alicyclic amines) is 1. The molecular weight excluding hydrogens is 779 g/mol. The number of ether oxygens (including phenoxy) is 1. The molecule has 0 spiro atoms. The molecule has 2 atom stereocenters. The van der Waals surface area contributed by atoms with Crippen molar-refractivity contribution in [3.05, 3.63) is 121 Å². The lowest BCUT2D eigenvalue weighted by Crippen LogP contribution is -2.49. The van der Waals surface area contributed by atoms with Gasteiger partial charge in [0.1, 0.15) is 23.8 Å². The predicted molar refractivity (Wildman–Crippen MR) is 183 cm³/mol. The van der Waals surface area contributed by atoms with E-state index in [4.69, 9.17) is 4.74 Å². The van der Waals surface area contributed by atoms with Crippen LogP contribution in [-0.4, -0.2) is 58.9 Å². The highest BCUT2D eigenvalue weighted by Gasteiger charge is 2.37. The maximum Gasteiger partial charge on any atom is 0.416 e. The van der Waals surface area contributed by atoms with Gasteiger partial charge in [-0.2, -0.15) is 13.2 Å². The minimum absolute atomic E-state index is 0.00105. The van der Waals surface area contributed by atoms with Gasteiger partial charge in [0.05, 0.1) is 24.6 Å².